The van der Waals surface area contributed by atoms with Gasteiger partial charge < -0.3 is 0 Å². The fraction of sp³-hybridized carbons (Fsp3) is 0.412. The smallest absolute Gasteiger partial charge is 0.0181 e. The van der Waals surface area contributed by atoms with Crippen molar-refractivity contribution in [2.75, 3.05) is 4.43 Å². The monoisotopic (exact) mass is 352 g/mol. The normalized spacial score (nSPS) is 33.7. The highest BCUT2D eigenvalue weighted by atomic mass is 127. The molecule has 2 atom stereocenters. The van der Waals surface area contributed by atoms with Crippen LogP contribution in [0.15, 0.2) is 59.8 Å². The Morgan fingerprint density at radius 2 is 2.17 bits per heavy atom. The van der Waals surface area contributed by atoms with Crippen LogP contribution in [0.4, 0.5) is 0 Å². The van der Waals surface area contributed by atoms with E-state index in [-0.39, 0.29) is 5.41 Å². The van der Waals surface area contributed by atoms with Crippen molar-refractivity contribution >= 4 is 22.6 Å². The highest BCUT2D eigenvalue weighted by molar-refractivity contribution is 14.1. The molecule has 0 radical (unpaired) electrons. The van der Waals surface area contributed by atoms with Gasteiger partial charge in [-0.3, -0.25) is 0 Å². The average molecular weight is 352 g/mol. The quantitative estimate of drug-likeness (QED) is 0.470. The molecule has 1 saturated carbocycles. The van der Waals surface area contributed by atoms with Crippen LogP contribution < -0.4 is 0 Å². The zero-order valence-corrected chi connectivity index (χ0v) is 13.6. The molecule has 2 aliphatic carbocycles. The van der Waals surface area contributed by atoms with Crippen LogP contribution in [0.2, 0.25) is 0 Å². The van der Waals surface area contributed by atoms with Gasteiger partial charge in [0.1, 0.15) is 0 Å². The first-order valence-corrected chi connectivity index (χ1v) is 8.01. The van der Waals surface area contributed by atoms with Gasteiger partial charge in [-0.25, -0.2) is 0 Å². The zero-order valence-electron chi connectivity index (χ0n) is 11.4. The molecule has 0 heterocycles. The number of rotatable bonds is 2. The molecule has 0 saturated heterocycles. The number of alkyl halides is 1. The summed E-state index contributed by atoms with van der Waals surface area (Å²) in [5.74, 6) is 1.11. The lowest BCUT2D eigenvalue weighted by atomic mass is 9.74. The minimum atomic E-state index is 0.219. The Morgan fingerprint density at radius 1 is 1.44 bits per heavy atom. The van der Waals surface area contributed by atoms with E-state index >= 15 is 0 Å². The van der Waals surface area contributed by atoms with Gasteiger partial charge in [0.25, 0.3) is 0 Å². The topological polar surface area (TPSA) is 0 Å². The molecule has 0 spiro atoms. The summed E-state index contributed by atoms with van der Waals surface area (Å²) in [6.45, 7) is 10.8. The van der Waals surface area contributed by atoms with Crippen molar-refractivity contribution in [1.29, 1.82) is 0 Å². The molecule has 0 N–H and O–H groups in total. The highest BCUT2D eigenvalue weighted by Crippen LogP contribution is 2.56. The van der Waals surface area contributed by atoms with Crippen LogP contribution in [0.1, 0.15) is 20.8 Å². The van der Waals surface area contributed by atoms with Crippen molar-refractivity contribution in [3.05, 3.63) is 59.8 Å². The second-order valence-electron chi connectivity index (χ2n) is 5.67. The molecule has 0 aromatic heterocycles. The van der Waals surface area contributed by atoms with Crippen LogP contribution in [0.25, 0.3) is 0 Å². The lowest BCUT2D eigenvalue weighted by Gasteiger charge is -2.29. The first-order valence-electron chi connectivity index (χ1n) is 6.48. The first-order chi connectivity index (χ1) is 8.52. The Hall–Kier alpha value is -0.570. The van der Waals surface area contributed by atoms with E-state index < -0.39 is 0 Å². The Kier molecular flexibility index (Phi) is 4.00. The molecular weight excluding hydrogens is 331 g/mol. The van der Waals surface area contributed by atoms with Crippen LogP contribution in [0.3, 0.4) is 0 Å². The number of allylic oxidation sites excluding steroid dienone is 9. The summed E-state index contributed by atoms with van der Waals surface area (Å²) in [4.78, 5) is 0. The standard InChI is InChI=1S/C17H21I/c1-5-6-13-14-8-7-12(2)11-16(14)17(3,4)15(13)9-10-18/h5-9,11,14,16H,1,10H2,2-4H3/b13-6?,15-9+. The molecule has 0 nitrogen and oxygen atoms in total. The van der Waals surface area contributed by atoms with Gasteiger partial charge in [-0.05, 0) is 29.4 Å². The molecule has 18 heavy (non-hydrogen) atoms. The maximum atomic E-state index is 3.87. The summed E-state index contributed by atoms with van der Waals surface area (Å²) in [6, 6.07) is 0. The Bertz CT molecular complexity index is 472. The second kappa shape index (κ2) is 5.20. The first kappa shape index (κ1) is 13.9. The molecule has 1 fully saturated rings. The Morgan fingerprint density at radius 3 is 2.78 bits per heavy atom. The average Bonchev–Trinajstić information content (AvgIpc) is 2.52. The molecule has 0 bridgehead atoms. The van der Waals surface area contributed by atoms with E-state index in [1.165, 1.54) is 16.7 Å². The van der Waals surface area contributed by atoms with Crippen molar-refractivity contribution in [2.45, 2.75) is 20.8 Å². The fourth-order valence-electron chi connectivity index (χ4n) is 3.29. The summed E-state index contributed by atoms with van der Waals surface area (Å²) in [5, 5.41) is 0. The van der Waals surface area contributed by atoms with Crippen LogP contribution in [-0.2, 0) is 0 Å². The van der Waals surface area contributed by atoms with Gasteiger partial charge in [0.15, 0.2) is 0 Å². The molecule has 0 aromatic carbocycles. The number of halogens is 1. The number of hydrogen-bond donors (Lipinski definition) is 0. The lowest BCUT2D eigenvalue weighted by molar-refractivity contribution is 0.331. The molecule has 0 amide bonds. The van der Waals surface area contributed by atoms with Crippen molar-refractivity contribution in [3.63, 3.8) is 0 Å². The third-order valence-electron chi connectivity index (χ3n) is 4.17. The van der Waals surface area contributed by atoms with E-state index in [1.807, 2.05) is 6.08 Å². The lowest BCUT2D eigenvalue weighted by Crippen LogP contribution is -2.22. The van der Waals surface area contributed by atoms with E-state index in [0.717, 1.165) is 4.43 Å². The molecule has 0 aromatic rings. The molecular formula is C17H21I. The summed E-state index contributed by atoms with van der Waals surface area (Å²) < 4.78 is 1.07. The Balaban J connectivity index is 2.56. The number of fused-ring (bicyclic) bond motifs is 1. The molecule has 2 unspecified atom stereocenters. The van der Waals surface area contributed by atoms with Gasteiger partial charge in [-0.15, -0.1) is 0 Å². The highest BCUT2D eigenvalue weighted by Gasteiger charge is 2.46. The van der Waals surface area contributed by atoms with Gasteiger partial charge in [-0.2, -0.15) is 0 Å². The van der Waals surface area contributed by atoms with Crippen molar-refractivity contribution in [3.8, 4) is 0 Å². The number of hydrogen-bond acceptors (Lipinski definition) is 0. The maximum Gasteiger partial charge on any atom is 0.0181 e. The van der Waals surface area contributed by atoms with Gasteiger partial charge in [-0.1, -0.05) is 85.0 Å². The second-order valence-corrected chi connectivity index (χ2v) is 6.55. The van der Waals surface area contributed by atoms with Crippen molar-refractivity contribution in [2.24, 2.45) is 17.3 Å². The molecule has 0 aliphatic heterocycles. The predicted octanol–water partition coefficient (Wildman–Crippen LogP) is 5.25. The van der Waals surface area contributed by atoms with Gasteiger partial charge in [0.2, 0.25) is 0 Å². The van der Waals surface area contributed by atoms with Gasteiger partial charge >= 0.3 is 0 Å². The minimum Gasteiger partial charge on any atom is -0.0991 e. The van der Waals surface area contributed by atoms with E-state index in [0.29, 0.717) is 11.8 Å². The van der Waals surface area contributed by atoms with Crippen molar-refractivity contribution < 1.29 is 0 Å². The van der Waals surface area contributed by atoms with Crippen LogP contribution in [0.5, 0.6) is 0 Å². The third kappa shape index (κ3) is 2.18. The zero-order chi connectivity index (χ0) is 13.3. The minimum absolute atomic E-state index is 0.219. The van der Waals surface area contributed by atoms with Crippen LogP contribution in [-0.4, -0.2) is 4.43 Å². The summed E-state index contributed by atoms with van der Waals surface area (Å²) in [5.41, 5.74) is 4.56. The molecule has 96 valence electrons. The van der Waals surface area contributed by atoms with Gasteiger partial charge in [0, 0.05) is 10.3 Å². The SMILES string of the molecule is C=CC=C1/C(=C\CI)C(C)(C)C2C=C(C)C=CC12. The van der Waals surface area contributed by atoms with E-state index in [1.54, 1.807) is 0 Å². The molecule has 2 aliphatic rings. The molecule has 2 rings (SSSR count). The third-order valence-corrected chi connectivity index (χ3v) is 4.61. The van der Waals surface area contributed by atoms with E-state index in [2.05, 4.69) is 80.3 Å². The fourth-order valence-corrected chi connectivity index (χ4v) is 3.73. The largest absolute Gasteiger partial charge is 0.0991 e. The summed E-state index contributed by atoms with van der Waals surface area (Å²) in [7, 11) is 0. The van der Waals surface area contributed by atoms with E-state index in [9.17, 15) is 0 Å². The maximum absolute atomic E-state index is 3.87. The summed E-state index contributed by atoms with van der Waals surface area (Å²) in [6.07, 6.45) is 13.6. The van der Waals surface area contributed by atoms with E-state index in [4.69, 9.17) is 0 Å². The van der Waals surface area contributed by atoms with Crippen LogP contribution >= 0.6 is 22.6 Å². The summed E-state index contributed by atoms with van der Waals surface area (Å²) >= 11 is 2.43. The Labute approximate surface area is 124 Å². The van der Waals surface area contributed by atoms with Gasteiger partial charge in [0.05, 0.1) is 0 Å². The van der Waals surface area contributed by atoms with Crippen molar-refractivity contribution in [1.82, 2.24) is 0 Å². The molecule has 1 heteroatoms. The predicted molar refractivity (Wildman–Crippen MR) is 88.9 cm³/mol. The van der Waals surface area contributed by atoms with Crippen LogP contribution in [0, 0.1) is 17.3 Å².